The normalized spacial score (nSPS) is 13.7. The zero-order valence-electron chi connectivity index (χ0n) is 11.9. The molecule has 1 aromatic carbocycles. The molecule has 4 nitrogen and oxygen atoms in total. The number of esters is 1. The monoisotopic (exact) mass is 274 g/mol. The summed E-state index contributed by atoms with van der Waals surface area (Å²) in [6.07, 6.45) is 7.01. The number of benzene rings is 1. The van der Waals surface area contributed by atoms with Gasteiger partial charge in [0.2, 0.25) is 0 Å². The summed E-state index contributed by atoms with van der Waals surface area (Å²) in [5, 5.41) is 0. The first-order chi connectivity index (χ1) is 9.65. The number of rotatable bonds is 4. The first-order valence-corrected chi connectivity index (χ1v) is 6.44. The van der Waals surface area contributed by atoms with Crippen molar-refractivity contribution in [1.29, 1.82) is 0 Å². The van der Waals surface area contributed by atoms with Gasteiger partial charge in [0.15, 0.2) is 0 Å². The first-order valence-electron chi connectivity index (χ1n) is 6.44. The largest absolute Gasteiger partial charge is 0.496 e. The predicted octanol–water partition coefficient (Wildman–Crippen LogP) is 3.11. The van der Waals surface area contributed by atoms with Gasteiger partial charge in [-0.15, -0.1) is 0 Å². The van der Waals surface area contributed by atoms with E-state index in [1.54, 1.807) is 14.2 Å². The van der Waals surface area contributed by atoms with Crippen molar-refractivity contribution in [2.45, 2.75) is 19.8 Å². The van der Waals surface area contributed by atoms with Crippen LogP contribution in [-0.2, 0) is 16.0 Å². The summed E-state index contributed by atoms with van der Waals surface area (Å²) in [6, 6.07) is 3.82. The molecule has 0 fully saturated rings. The number of carbonyl (C=O) groups excluding carboxylic acids is 1. The van der Waals surface area contributed by atoms with Crippen molar-refractivity contribution in [2.75, 3.05) is 14.2 Å². The molecule has 0 aromatic heterocycles. The number of methoxy groups -OCH3 is 2. The van der Waals surface area contributed by atoms with Crippen molar-refractivity contribution in [3.63, 3.8) is 0 Å². The van der Waals surface area contributed by atoms with Crippen molar-refractivity contribution in [3.8, 4) is 11.5 Å². The second kappa shape index (κ2) is 6.28. The Labute approximate surface area is 118 Å². The maximum absolute atomic E-state index is 10.7. The summed E-state index contributed by atoms with van der Waals surface area (Å²) in [6.45, 7) is 1.38. The predicted molar refractivity (Wildman–Crippen MR) is 76.8 cm³/mol. The fourth-order valence-corrected chi connectivity index (χ4v) is 2.28. The van der Waals surface area contributed by atoms with Crippen LogP contribution in [0.4, 0.5) is 0 Å². The minimum absolute atomic E-state index is 0.322. The average molecular weight is 274 g/mol. The van der Waals surface area contributed by atoms with E-state index in [1.165, 1.54) is 13.2 Å². The van der Waals surface area contributed by atoms with Gasteiger partial charge in [-0.2, -0.15) is 0 Å². The molecule has 1 aliphatic rings. The van der Waals surface area contributed by atoms with Gasteiger partial charge in [-0.3, -0.25) is 4.79 Å². The van der Waals surface area contributed by atoms with E-state index in [9.17, 15) is 4.79 Å². The van der Waals surface area contributed by atoms with Crippen LogP contribution in [0.15, 0.2) is 30.0 Å². The molecule has 0 unspecified atom stereocenters. The van der Waals surface area contributed by atoms with E-state index in [-0.39, 0.29) is 5.97 Å². The molecule has 20 heavy (non-hydrogen) atoms. The minimum Gasteiger partial charge on any atom is -0.496 e. The molecule has 0 spiro atoms. The molecule has 0 heterocycles. The molecule has 1 aliphatic carbocycles. The number of fused-ring (bicyclic) bond motifs is 1. The molecule has 0 bridgehead atoms. The van der Waals surface area contributed by atoms with Crippen LogP contribution < -0.4 is 9.47 Å². The topological polar surface area (TPSA) is 44.8 Å². The quantitative estimate of drug-likeness (QED) is 0.625. The highest BCUT2D eigenvalue weighted by Gasteiger charge is 2.17. The Morgan fingerprint density at radius 1 is 1.15 bits per heavy atom. The van der Waals surface area contributed by atoms with Gasteiger partial charge in [0, 0.05) is 18.1 Å². The minimum atomic E-state index is -0.322. The van der Waals surface area contributed by atoms with Crippen LogP contribution in [0.25, 0.3) is 6.08 Å². The number of hydrogen-bond donors (Lipinski definition) is 0. The van der Waals surface area contributed by atoms with Crippen LogP contribution in [0.5, 0.6) is 11.5 Å². The van der Waals surface area contributed by atoms with Crippen LogP contribution in [0.1, 0.15) is 24.5 Å². The van der Waals surface area contributed by atoms with Gasteiger partial charge in [0.25, 0.3) is 0 Å². The van der Waals surface area contributed by atoms with Crippen molar-refractivity contribution in [3.05, 3.63) is 41.2 Å². The molecule has 0 saturated heterocycles. The second-order valence-electron chi connectivity index (χ2n) is 4.49. The zero-order valence-corrected chi connectivity index (χ0v) is 11.9. The van der Waals surface area contributed by atoms with Crippen molar-refractivity contribution < 1.29 is 19.0 Å². The highest BCUT2D eigenvalue weighted by atomic mass is 16.5. The Morgan fingerprint density at radius 2 is 1.85 bits per heavy atom. The summed E-state index contributed by atoms with van der Waals surface area (Å²) in [4.78, 5) is 10.7. The van der Waals surface area contributed by atoms with Crippen LogP contribution in [0.3, 0.4) is 0 Å². The third-order valence-electron chi connectivity index (χ3n) is 3.22. The van der Waals surface area contributed by atoms with Crippen molar-refractivity contribution in [1.82, 2.24) is 0 Å². The molecule has 0 amide bonds. The van der Waals surface area contributed by atoms with E-state index in [0.717, 1.165) is 41.0 Å². The van der Waals surface area contributed by atoms with Gasteiger partial charge < -0.3 is 14.2 Å². The summed E-state index contributed by atoms with van der Waals surface area (Å²) >= 11 is 0. The zero-order chi connectivity index (χ0) is 14.5. The van der Waals surface area contributed by atoms with Gasteiger partial charge in [-0.05, 0) is 42.7 Å². The van der Waals surface area contributed by atoms with Gasteiger partial charge in [0.1, 0.15) is 11.5 Å². The maximum Gasteiger partial charge on any atom is 0.307 e. The lowest BCUT2D eigenvalue weighted by atomic mass is 9.91. The van der Waals surface area contributed by atoms with Crippen LogP contribution in [0, 0.1) is 0 Å². The lowest BCUT2D eigenvalue weighted by Crippen LogP contribution is -2.03. The lowest BCUT2D eigenvalue weighted by Gasteiger charge is -2.19. The molecule has 0 radical (unpaired) electrons. The second-order valence-corrected chi connectivity index (χ2v) is 4.49. The molecule has 106 valence electrons. The Balaban J connectivity index is 2.33. The molecule has 0 saturated carbocycles. The van der Waals surface area contributed by atoms with E-state index in [0.29, 0.717) is 0 Å². The fourth-order valence-electron chi connectivity index (χ4n) is 2.28. The maximum atomic E-state index is 10.7. The lowest BCUT2D eigenvalue weighted by molar-refractivity contribution is -0.135. The SMILES string of the molecule is COc1ccc(OC)c2c1C=C(/C=C/OC(C)=O)CC2. The van der Waals surface area contributed by atoms with E-state index >= 15 is 0 Å². The summed E-state index contributed by atoms with van der Waals surface area (Å²) in [7, 11) is 3.32. The summed E-state index contributed by atoms with van der Waals surface area (Å²) in [5.41, 5.74) is 3.27. The van der Waals surface area contributed by atoms with Crippen LogP contribution in [-0.4, -0.2) is 20.2 Å². The third kappa shape index (κ3) is 3.02. The molecule has 1 aromatic rings. The molecule has 0 N–H and O–H groups in total. The Bertz CT molecular complexity index is 570. The molecule has 0 aliphatic heterocycles. The molecular weight excluding hydrogens is 256 g/mol. The van der Waals surface area contributed by atoms with Gasteiger partial charge in [0.05, 0.1) is 20.5 Å². The van der Waals surface area contributed by atoms with Gasteiger partial charge in [-0.25, -0.2) is 0 Å². The first kappa shape index (κ1) is 14.2. The van der Waals surface area contributed by atoms with E-state index in [2.05, 4.69) is 0 Å². The molecule has 4 heteroatoms. The molecular formula is C16H18O4. The Kier molecular flexibility index (Phi) is 4.45. The van der Waals surface area contributed by atoms with Gasteiger partial charge in [-0.1, -0.05) is 0 Å². The van der Waals surface area contributed by atoms with Crippen LogP contribution >= 0.6 is 0 Å². The average Bonchev–Trinajstić information content (AvgIpc) is 2.45. The van der Waals surface area contributed by atoms with Gasteiger partial charge >= 0.3 is 5.97 Å². The number of hydrogen-bond acceptors (Lipinski definition) is 4. The Morgan fingerprint density at radius 3 is 2.50 bits per heavy atom. The van der Waals surface area contributed by atoms with E-state index in [1.807, 2.05) is 24.3 Å². The number of carbonyl (C=O) groups is 1. The summed E-state index contributed by atoms with van der Waals surface area (Å²) in [5.74, 6) is 1.37. The van der Waals surface area contributed by atoms with Crippen LogP contribution in [0.2, 0.25) is 0 Å². The molecule has 0 atom stereocenters. The number of ether oxygens (including phenoxy) is 3. The van der Waals surface area contributed by atoms with Crippen molar-refractivity contribution >= 4 is 12.0 Å². The summed E-state index contributed by atoms with van der Waals surface area (Å²) < 4.78 is 15.6. The van der Waals surface area contributed by atoms with E-state index < -0.39 is 0 Å². The highest BCUT2D eigenvalue weighted by Crippen LogP contribution is 2.37. The fraction of sp³-hybridized carbons (Fsp3) is 0.312. The number of allylic oxidation sites excluding steroid dienone is 2. The molecule has 2 rings (SSSR count). The third-order valence-corrected chi connectivity index (χ3v) is 3.22. The smallest absolute Gasteiger partial charge is 0.307 e. The standard InChI is InChI=1S/C16H18O4/c1-11(17)20-9-8-12-4-5-13-14(10-12)16(19-3)7-6-15(13)18-2/h6-10H,4-5H2,1-3H3/b9-8+. The Hall–Kier alpha value is -2.23. The van der Waals surface area contributed by atoms with E-state index in [4.69, 9.17) is 14.2 Å². The highest BCUT2D eigenvalue weighted by molar-refractivity contribution is 5.70. The van der Waals surface area contributed by atoms with Crippen molar-refractivity contribution in [2.24, 2.45) is 0 Å².